The van der Waals surface area contributed by atoms with Crippen LogP contribution in [0.1, 0.15) is 45.7 Å². The molecule has 1 aromatic heterocycles. The van der Waals surface area contributed by atoms with Crippen LogP contribution in [-0.2, 0) is 4.79 Å². The van der Waals surface area contributed by atoms with Gasteiger partial charge in [-0.3, -0.25) is 14.4 Å². The fourth-order valence-electron chi connectivity index (χ4n) is 4.18. The molecule has 8 nitrogen and oxygen atoms in total. The van der Waals surface area contributed by atoms with Gasteiger partial charge in [-0.15, -0.1) is 24.5 Å². The molecular weight excluding hydrogens is 525 g/mol. The summed E-state index contributed by atoms with van der Waals surface area (Å²) in [4.78, 5) is 36.2. The largest absolute Gasteiger partial charge is 0.573 e. The van der Waals surface area contributed by atoms with Crippen molar-refractivity contribution >= 4 is 39.2 Å². The highest BCUT2D eigenvalue weighted by atomic mass is 32.1. The monoisotopic (exact) mass is 550 g/mol. The van der Waals surface area contributed by atoms with E-state index in [4.69, 9.17) is 9.84 Å². The van der Waals surface area contributed by atoms with Crippen LogP contribution in [0.15, 0.2) is 48.5 Å². The molecule has 12 heteroatoms. The van der Waals surface area contributed by atoms with E-state index in [1.165, 1.54) is 24.3 Å². The maximum absolute atomic E-state index is 12.4. The van der Waals surface area contributed by atoms with Gasteiger partial charge in [0.05, 0.1) is 16.9 Å². The summed E-state index contributed by atoms with van der Waals surface area (Å²) < 4.78 is 47.7. The number of hydrogen-bond acceptors (Lipinski definition) is 6. The lowest BCUT2D eigenvalue weighted by molar-refractivity contribution is -0.274. The van der Waals surface area contributed by atoms with Crippen molar-refractivity contribution in [3.05, 3.63) is 59.0 Å². The second-order valence-corrected chi connectivity index (χ2v) is 9.91. The molecule has 38 heavy (non-hydrogen) atoms. The molecular formula is C26H25F3N2O6S. The zero-order chi connectivity index (χ0) is 27.3. The number of benzene rings is 2. The molecule has 0 bridgehead atoms. The number of rotatable bonds is 9. The van der Waals surface area contributed by atoms with E-state index in [9.17, 15) is 27.6 Å². The quantitative estimate of drug-likeness (QED) is 0.324. The van der Waals surface area contributed by atoms with Gasteiger partial charge in [-0.25, -0.2) is 0 Å². The summed E-state index contributed by atoms with van der Waals surface area (Å²) in [6, 6.07) is 12.0. The number of hydrogen-bond donors (Lipinski definition) is 3. The molecule has 1 heterocycles. The second kappa shape index (κ2) is 11.7. The molecule has 2 amide bonds. The Bertz CT molecular complexity index is 1300. The van der Waals surface area contributed by atoms with Crippen molar-refractivity contribution < 1.29 is 42.1 Å². The van der Waals surface area contributed by atoms with Crippen molar-refractivity contribution in [3.8, 4) is 11.5 Å². The molecule has 0 saturated heterocycles. The Morgan fingerprint density at radius 1 is 0.895 bits per heavy atom. The molecule has 1 saturated carbocycles. The van der Waals surface area contributed by atoms with Gasteiger partial charge in [0.1, 0.15) is 11.5 Å². The molecule has 0 aliphatic heterocycles. The van der Waals surface area contributed by atoms with Gasteiger partial charge in [0.15, 0.2) is 0 Å². The SMILES string of the molecule is O=C(NCCNC(=O)c1cc2cc(OC(F)(F)F)ccc2s1)c1ccc(O[C@H]2CC[C@@H](C(=O)O)CC2)cc1. The van der Waals surface area contributed by atoms with Crippen molar-refractivity contribution in [1.29, 1.82) is 0 Å². The second-order valence-electron chi connectivity index (χ2n) is 8.82. The minimum absolute atomic E-state index is 0.0508. The van der Waals surface area contributed by atoms with Gasteiger partial charge in [0.25, 0.3) is 11.8 Å². The van der Waals surface area contributed by atoms with Crippen LogP contribution in [0.3, 0.4) is 0 Å². The van der Waals surface area contributed by atoms with E-state index >= 15 is 0 Å². The van der Waals surface area contributed by atoms with Gasteiger partial charge in [0.2, 0.25) is 0 Å². The van der Waals surface area contributed by atoms with E-state index in [-0.39, 0.29) is 36.8 Å². The lowest BCUT2D eigenvalue weighted by Gasteiger charge is -2.26. The molecule has 0 atom stereocenters. The number of carbonyl (C=O) groups is 3. The van der Waals surface area contributed by atoms with Crippen LogP contribution in [0.25, 0.3) is 10.1 Å². The summed E-state index contributed by atoms with van der Waals surface area (Å²) in [5.41, 5.74) is 0.416. The van der Waals surface area contributed by atoms with Crippen LogP contribution in [0.2, 0.25) is 0 Å². The Balaban J connectivity index is 1.20. The van der Waals surface area contributed by atoms with Crippen LogP contribution in [0.4, 0.5) is 13.2 Å². The third-order valence-corrected chi connectivity index (χ3v) is 7.20. The van der Waals surface area contributed by atoms with Gasteiger partial charge >= 0.3 is 12.3 Å². The zero-order valence-electron chi connectivity index (χ0n) is 20.0. The summed E-state index contributed by atoms with van der Waals surface area (Å²) in [5, 5.41) is 14.9. The first-order valence-corrected chi connectivity index (χ1v) is 12.7. The third kappa shape index (κ3) is 7.37. The maximum Gasteiger partial charge on any atom is 0.573 e. The average Bonchev–Trinajstić information content (AvgIpc) is 3.30. The van der Waals surface area contributed by atoms with E-state index in [1.807, 2.05) is 0 Å². The molecule has 1 fully saturated rings. The summed E-state index contributed by atoms with van der Waals surface area (Å²) in [6.45, 7) is 0.325. The molecule has 4 rings (SSSR count). The number of fused-ring (bicyclic) bond motifs is 1. The van der Waals surface area contributed by atoms with Crippen molar-refractivity contribution in [3.63, 3.8) is 0 Å². The highest BCUT2D eigenvalue weighted by molar-refractivity contribution is 7.20. The van der Waals surface area contributed by atoms with Gasteiger partial charge in [-0.05, 0) is 79.6 Å². The van der Waals surface area contributed by atoms with E-state index in [0.717, 1.165) is 11.3 Å². The fourth-order valence-corrected chi connectivity index (χ4v) is 5.14. The normalized spacial score (nSPS) is 17.6. The average molecular weight is 551 g/mol. The number of ether oxygens (including phenoxy) is 2. The smallest absolute Gasteiger partial charge is 0.490 e. The fraction of sp³-hybridized carbons (Fsp3) is 0.346. The number of carbonyl (C=O) groups excluding carboxylic acids is 2. The van der Waals surface area contributed by atoms with E-state index in [1.54, 1.807) is 24.3 Å². The topological polar surface area (TPSA) is 114 Å². The Hall–Kier alpha value is -3.80. The zero-order valence-corrected chi connectivity index (χ0v) is 20.9. The number of thiophene rings is 1. The van der Waals surface area contributed by atoms with E-state index < -0.39 is 18.2 Å². The van der Waals surface area contributed by atoms with Crippen molar-refractivity contribution in [2.75, 3.05) is 13.1 Å². The van der Waals surface area contributed by atoms with Crippen LogP contribution < -0.4 is 20.1 Å². The number of aliphatic carboxylic acids is 1. The third-order valence-electron chi connectivity index (χ3n) is 6.08. The number of nitrogens with one attached hydrogen (secondary N) is 2. The maximum atomic E-state index is 12.4. The molecule has 0 unspecified atom stereocenters. The molecule has 202 valence electrons. The summed E-state index contributed by atoms with van der Waals surface area (Å²) in [7, 11) is 0. The summed E-state index contributed by atoms with van der Waals surface area (Å²) >= 11 is 1.13. The predicted octanol–water partition coefficient (Wildman–Crippen LogP) is 4.98. The Labute approximate surface area is 219 Å². The van der Waals surface area contributed by atoms with Crippen molar-refractivity contribution in [1.82, 2.24) is 10.6 Å². The van der Waals surface area contributed by atoms with Crippen LogP contribution in [-0.4, -0.2) is 48.4 Å². The molecule has 0 radical (unpaired) electrons. The van der Waals surface area contributed by atoms with Gasteiger partial charge < -0.3 is 25.2 Å². The summed E-state index contributed by atoms with van der Waals surface area (Å²) in [6.07, 6.45) is -2.35. The highest BCUT2D eigenvalue weighted by Crippen LogP contribution is 2.31. The minimum atomic E-state index is -4.80. The Morgan fingerprint density at radius 2 is 1.53 bits per heavy atom. The van der Waals surface area contributed by atoms with E-state index in [2.05, 4.69) is 15.4 Å². The number of carboxylic acids is 1. The molecule has 3 N–H and O–H groups in total. The van der Waals surface area contributed by atoms with Gasteiger partial charge in [0, 0.05) is 23.4 Å². The number of amides is 2. The molecule has 3 aromatic rings. The summed E-state index contributed by atoms with van der Waals surface area (Å²) in [5.74, 6) is -1.57. The molecule has 0 spiro atoms. The number of carboxylic acid groups (broad SMARTS) is 1. The molecule has 1 aliphatic rings. The van der Waals surface area contributed by atoms with Crippen LogP contribution in [0, 0.1) is 5.92 Å². The lowest BCUT2D eigenvalue weighted by atomic mass is 9.87. The number of alkyl halides is 3. The predicted molar refractivity (Wildman–Crippen MR) is 134 cm³/mol. The van der Waals surface area contributed by atoms with Crippen molar-refractivity contribution in [2.45, 2.75) is 38.1 Å². The first kappa shape index (κ1) is 27.2. The molecule has 1 aliphatic carbocycles. The van der Waals surface area contributed by atoms with Gasteiger partial charge in [-0.1, -0.05) is 0 Å². The minimum Gasteiger partial charge on any atom is -0.490 e. The van der Waals surface area contributed by atoms with Crippen LogP contribution >= 0.6 is 11.3 Å². The molecule has 2 aromatic carbocycles. The van der Waals surface area contributed by atoms with Crippen LogP contribution in [0.5, 0.6) is 11.5 Å². The first-order chi connectivity index (χ1) is 18.1. The Kier molecular flexibility index (Phi) is 8.40. The highest BCUT2D eigenvalue weighted by Gasteiger charge is 2.31. The van der Waals surface area contributed by atoms with Crippen molar-refractivity contribution in [2.24, 2.45) is 5.92 Å². The number of halogens is 3. The van der Waals surface area contributed by atoms with E-state index in [0.29, 0.717) is 52.0 Å². The lowest BCUT2D eigenvalue weighted by Crippen LogP contribution is -2.34. The first-order valence-electron chi connectivity index (χ1n) is 11.9. The van der Waals surface area contributed by atoms with Gasteiger partial charge in [-0.2, -0.15) is 0 Å². The standard InChI is InChI=1S/C26H25F3N2O6S/c27-26(28,29)37-20-9-10-21-17(13-20)14-22(38-21)24(33)31-12-11-30-23(32)15-1-5-18(6-2-15)36-19-7-3-16(4-8-19)25(34)35/h1-2,5-6,9-10,13-14,16,19H,3-4,7-8,11-12H2,(H,30,32)(H,31,33)(H,34,35)/t16-,19+. The Morgan fingerprint density at radius 3 is 2.16 bits per heavy atom.